The minimum Gasteiger partial charge on any atom is -0.493 e. The number of methoxy groups -OCH3 is 2. The summed E-state index contributed by atoms with van der Waals surface area (Å²) in [4.78, 5) is 24.7. The summed E-state index contributed by atoms with van der Waals surface area (Å²) in [6, 6.07) is 3.81. The maximum atomic E-state index is 11.7. The molecule has 116 valence electrons. The first kappa shape index (κ1) is 16.8. The van der Waals surface area contributed by atoms with Crippen molar-refractivity contribution in [3.05, 3.63) is 23.8 Å². The number of carboxylic acids is 1. The lowest BCUT2D eigenvalue weighted by atomic mass is 10.0. The van der Waals surface area contributed by atoms with Crippen LogP contribution < -0.4 is 9.47 Å². The number of aliphatic carboxylic acids is 1. The van der Waals surface area contributed by atoms with Gasteiger partial charge in [0.15, 0.2) is 17.5 Å². The summed E-state index contributed by atoms with van der Waals surface area (Å²) in [5.74, 6) is -0.415. The Morgan fingerprint density at radius 1 is 1.24 bits per heavy atom. The quantitative estimate of drug-likeness (QED) is 0.833. The van der Waals surface area contributed by atoms with Crippen LogP contribution in [-0.4, -0.2) is 42.6 Å². The van der Waals surface area contributed by atoms with Crippen LogP contribution in [0.15, 0.2) is 18.2 Å². The van der Waals surface area contributed by atoms with Crippen molar-refractivity contribution in [2.45, 2.75) is 26.3 Å². The van der Waals surface area contributed by atoms with E-state index in [1.807, 2.05) is 6.92 Å². The molecule has 0 heterocycles. The van der Waals surface area contributed by atoms with E-state index in [1.54, 1.807) is 18.2 Å². The molecule has 0 fully saturated rings. The van der Waals surface area contributed by atoms with Crippen molar-refractivity contribution in [1.29, 1.82) is 0 Å². The highest BCUT2D eigenvalue weighted by molar-refractivity contribution is 5.83. The van der Waals surface area contributed by atoms with Gasteiger partial charge in [-0.1, -0.05) is 13.0 Å². The van der Waals surface area contributed by atoms with Crippen LogP contribution in [0.25, 0.3) is 0 Å². The lowest BCUT2D eigenvalue weighted by Gasteiger charge is -2.28. The molecule has 21 heavy (non-hydrogen) atoms. The number of carboxylic acid groups (broad SMARTS) is 1. The number of benzene rings is 1. The fraction of sp³-hybridized carbons (Fsp3) is 0.467. The smallest absolute Gasteiger partial charge is 0.331 e. The number of amides is 1. The molecule has 0 aromatic heterocycles. The molecule has 0 aliphatic carbocycles. The van der Waals surface area contributed by atoms with Crippen molar-refractivity contribution in [3.63, 3.8) is 0 Å². The van der Waals surface area contributed by atoms with Gasteiger partial charge in [0, 0.05) is 13.5 Å². The van der Waals surface area contributed by atoms with Gasteiger partial charge in [0.1, 0.15) is 0 Å². The fourth-order valence-electron chi connectivity index (χ4n) is 2.19. The predicted octanol–water partition coefficient (Wildman–Crippen LogP) is 2.09. The number of ether oxygens (including phenoxy) is 2. The molecule has 1 aromatic rings. The SMILES string of the molecule is CCCN(C(C)=O)C(C(=O)O)c1ccc(OC)c(OC)c1. The van der Waals surface area contributed by atoms with Crippen LogP contribution in [0.3, 0.4) is 0 Å². The summed E-state index contributed by atoms with van der Waals surface area (Å²) in [7, 11) is 2.98. The molecule has 0 bridgehead atoms. The lowest BCUT2D eigenvalue weighted by molar-refractivity contribution is -0.149. The highest BCUT2D eigenvalue weighted by Crippen LogP contribution is 2.32. The van der Waals surface area contributed by atoms with Crippen molar-refractivity contribution >= 4 is 11.9 Å². The van der Waals surface area contributed by atoms with Crippen molar-refractivity contribution in [2.24, 2.45) is 0 Å². The highest BCUT2D eigenvalue weighted by atomic mass is 16.5. The van der Waals surface area contributed by atoms with Gasteiger partial charge < -0.3 is 19.5 Å². The Morgan fingerprint density at radius 3 is 2.29 bits per heavy atom. The van der Waals surface area contributed by atoms with E-state index in [2.05, 4.69) is 0 Å². The molecule has 1 N–H and O–H groups in total. The summed E-state index contributed by atoms with van der Waals surface area (Å²) in [6.45, 7) is 3.64. The molecule has 1 unspecified atom stereocenters. The molecule has 0 radical (unpaired) electrons. The molecular weight excluding hydrogens is 274 g/mol. The Kier molecular flexibility index (Phi) is 6.02. The van der Waals surface area contributed by atoms with Gasteiger partial charge in [0.2, 0.25) is 5.91 Å². The molecule has 0 aliphatic heterocycles. The largest absolute Gasteiger partial charge is 0.493 e. The molecule has 1 atom stereocenters. The summed E-state index contributed by atoms with van der Waals surface area (Å²) < 4.78 is 10.3. The van der Waals surface area contributed by atoms with E-state index < -0.39 is 12.0 Å². The van der Waals surface area contributed by atoms with E-state index >= 15 is 0 Å². The molecule has 0 saturated heterocycles. The summed E-state index contributed by atoms with van der Waals surface area (Å²) in [5.41, 5.74) is 0.476. The normalized spacial score (nSPS) is 11.6. The molecule has 1 aromatic carbocycles. The average molecular weight is 295 g/mol. The Hall–Kier alpha value is -2.24. The topological polar surface area (TPSA) is 76.1 Å². The predicted molar refractivity (Wildman–Crippen MR) is 77.6 cm³/mol. The van der Waals surface area contributed by atoms with E-state index in [4.69, 9.17) is 9.47 Å². The third kappa shape index (κ3) is 3.87. The van der Waals surface area contributed by atoms with Gasteiger partial charge >= 0.3 is 5.97 Å². The molecule has 0 spiro atoms. The second kappa shape index (κ2) is 7.52. The molecule has 0 aliphatic rings. The number of carbonyl (C=O) groups excluding carboxylic acids is 1. The lowest BCUT2D eigenvalue weighted by Crippen LogP contribution is -2.38. The van der Waals surface area contributed by atoms with Gasteiger partial charge in [-0.3, -0.25) is 4.79 Å². The first-order valence-electron chi connectivity index (χ1n) is 6.68. The first-order valence-corrected chi connectivity index (χ1v) is 6.68. The van der Waals surface area contributed by atoms with E-state index in [0.29, 0.717) is 30.0 Å². The first-order chi connectivity index (χ1) is 9.96. The monoisotopic (exact) mass is 295 g/mol. The van der Waals surface area contributed by atoms with Crippen LogP contribution in [0.5, 0.6) is 11.5 Å². The zero-order chi connectivity index (χ0) is 16.0. The van der Waals surface area contributed by atoms with Gasteiger partial charge in [-0.05, 0) is 24.1 Å². The Labute approximate surface area is 124 Å². The van der Waals surface area contributed by atoms with Crippen LogP contribution in [0, 0.1) is 0 Å². The van der Waals surface area contributed by atoms with Crippen LogP contribution >= 0.6 is 0 Å². The number of rotatable bonds is 7. The van der Waals surface area contributed by atoms with Crippen molar-refractivity contribution in [2.75, 3.05) is 20.8 Å². The van der Waals surface area contributed by atoms with E-state index in [9.17, 15) is 14.7 Å². The maximum Gasteiger partial charge on any atom is 0.331 e. The molecule has 0 saturated carbocycles. The van der Waals surface area contributed by atoms with Gasteiger partial charge in [-0.2, -0.15) is 0 Å². The van der Waals surface area contributed by atoms with Gasteiger partial charge in [-0.25, -0.2) is 4.79 Å². The highest BCUT2D eigenvalue weighted by Gasteiger charge is 2.29. The Morgan fingerprint density at radius 2 is 1.86 bits per heavy atom. The van der Waals surface area contributed by atoms with E-state index in [0.717, 1.165) is 0 Å². The zero-order valence-corrected chi connectivity index (χ0v) is 12.8. The van der Waals surface area contributed by atoms with E-state index in [-0.39, 0.29) is 5.91 Å². The Balaban J connectivity index is 3.28. The number of hydrogen-bond donors (Lipinski definition) is 1. The molecule has 1 amide bonds. The van der Waals surface area contributed by atoms with Gasteiger partial charge in [0.25, 0.3) is 0 Å². The molecule has 6 heteroatoms. The number of nitrogens with zero attached hydrogens (tertiary/aromatic N) is 1. The van der Waals surface area contributed by atoms with Crippen LogP contribution in [-0.2, 0) is 9.59 Å². The van der Waals surface area contributed by atoms with E-state index in [1.165, 1.54) is 26.0 Å². The molecular formula is C15H21NO5. The number of carbonyl (C=O) groups is 2. The second-order valence-electron chi connectivity index (χ2n) is 4.57. The van der Waals surface area contributed by atoms with Crippen LogP contribution in [0.4, 0.5) is 0 Å². The number of hydrogen-bond acceptors (Lipinski definition) is 4. The van der Waals surface area contributed by atoms with Crippen LogP contribution in [0.1, 0.15) is 31.9 Å². The van der Waals surface area contributed by atoms with Gasteiger partial charge in [0.05, 0.1) is 14.2 Å². The minimum atomic E-state index is -1.08. The fourth-order valence-corrected chi connectivity index (χ4v) is 2.19. The second-order valence-corrected chi connectivity index (χ2v) is 4.57. The average Bonchev–Trinajstić information content (AvgIpc) is 2.45. The zero-order valence-electron chi connectivity index (χ0n) is 12.8. The molecule has 1 rings (SSSR count). The van der Waals surface area contributed by atoms with Crippen molar-refractivity contribution in [3.8, 4) is 11.5 Å². The Bertz CT molecular complexity index is 515. The van der Waals surface area contributed by atoms with Gasteiger partial charge in [-0.15, -0.1) is 0 Å². The maximum absolute atomic E-state index is 11.7. The standard InChI is InChI=1S/C15H21NO5/c1-5-8-16(10(2)17)14(15(18)19)11-6-7-12(20-3)13(9-11)21-4/h6-7,9,14H,5,8H2,1-4H3,(H,18,19). The van der Waals surface area contributed by atoms with Crippen molar-refractivity contribution < 1.29 is 24.2 Å². The molecule has 6 nitrogen and oxygen atoms in total. The van der Waals surface area contributed by atoms with Crippen LogP contribution in [0.2, 0.25) is 0 Å². The summed E-state index contributed by atoms with van der Waals surface area (Å²) in [5, 5.41) is 9.50. The third-order valence-electron chi connectivity index (χ3n) is 3.14. The third-order valence-corrected chi connectivity index (χ3v) is 3.14. The summed E-state index contributed by atoms with van der Waals surface area (Å²) in [6.07, 6.45) is 0.677. The van der Waals surface area contributed by atoms with Crippen molar-refractivity contribution in [1.82, 2.24) is 4.90 Å². The minimum absolute atomic E-state index is 0.279. The summed E-state index contributed by atoms with van der Waals surface area (Å²) >= 11 is 0.